The maximum Gasteiger partial charge on any atom is 0.240 e. The molecule has 2 bridgehead atoms. The second-order valence-corrected chi connectivity index (χ2v) is 7.01. The van der Waals surface area contributed by atoms with Crippen molar-refractivity contribution in [3.8, 4) is 0 Å². The number of likely N-dealkylation sites (tertiary alicyclic amines) is 1. The van der Waals surface area contributed by atoms with Crippen molar-refractivity contribution in [3.63, 3.8) is 0 Å². The van der Waals surface area contributed by atoms with Crippen LogP contribution in [0, 0.1) is 17.8 Å². The van der Waals surface area contributed by atoms with Gasteiger partial charge in [-0.15, -0.1) is 0 Å². The summed E-state index contributed by atoms with van der Waals surface area (Å²) in [5, 5.41) is 3.27. The van der Waals surface area contributed by atoms with Crippen LogP contribution in [0.1, 0.15) is 51.9 Å². The van der Waals surface area contributed by atoms with E-state index in [4.69, 9.17) is 0 Å². The van der Waals surface area contributed by atoms with Crippen LogP contribution in [0.25, 0.3) is 0 Å². The molecule has 0 aromatic heterocycles. The third kappa shape index (κ3) is 2.42. The number of hydrogen-bond donors (Lipinski definition) is 1. The average Bonchev–Trinajstić information content (AvgIpc) is 2.60. The Morgan fingerprint density at radius 3 is 2.74 bits per heavy atom. The minimum Gasteiger partial charge on any atom is -0.338 e. The molecule has 2 saturated carbocycles. The minimum absolute atomic E-state index is 0.0444. The normalized spacial score (nSPS) is 43.4. The van der Waals surface area contributed by atoms with E-state index in [1.54, 1.807) is 0 Å². The molecular formula is C16H28N2O. The van der Waals surface area contributed by atoms with Gasteiger partial charge in [-0.05, 0) is 56.9 Å². The van der Waals surface area contributed by atoms with Crippen molar-refractivity contribution in [1.82, 2.24) is 10.2 Å². The summed E-state index contributed by atoms with van der Waals surface area (Å²) in [6.45, 7) is 3.21. The number of nitrogens with one attached hydrogen (secondary N) is 1. The smallest absolute Gasteiger partial charge is 0.240 e. The maximum absolute atomic E-state index is 12.8. The van der Waals surface area contributed by atoms with Gasteiger partial charge in [0.25, 0.3) is 0 Å². The molecule has 3 heteroatoms. The third-order valence-electron chi connectivity index (χ3n) is 5.83. The van der Waals surface area contributed by atoms with Crippen molar-refractivity contribution in [2.75, 3.05) is 13.6 Å². The quantitative estimate of drug-likeness (QED) is 0.830. The van der Waals surface area contributed by atoms with Gasteiger partial charge in [0.1, 0.15) is 0 Å². The van der Waals surface area contributed by atoms with Crippen molar-refractivity contribution >= 4 is 5.91 Å². The number of amides is 1. The van der Waals surface area contributed by atoms with Crippen molar-refractivity contribution in [2.45, 2.75) is 64.0 Å². The Hall–Kier alpha value is -0.570. The Morgan fingerprint density at radius 1 is 1.16 bits per heavy atom. The Labute approximate surface area is 117 Å². The molecule has 3 rings (SSSR count). The Balaban J connectivity index is 1.77. The zero-order valence-electron chi connectivity index (χ0n) is 12.4. The zero-order chi connectivity index (χ0) is 13.4. The second-order valence-electron chi connectivity index (χ2n) is 7.01. The molecule has 3 fully saturated rings. The van der Waals surface area contributed by atoms with E-state index in [9.17, 15) is 4.79 Å². The molecule has 1 aliphatic heterocycles. The summed E-state index contributed by atoms with van der Waals surface area (Å²) in [4.78, 5) is 15.1. The molecule has 0 radical (unpaired) electrons. The van der Waals surface area contributed by atoms with E-state index in [0.717, 1.165) is 18.4 Å². The van der Waals surface area contributed by atoms with Crippen LogP contribution in [0.15, 0.2) is 0 Å². The van der Waals surface area contributed by atoms with Gasteiger partial charge in [0.15, 0.2) is 0 Å². The van der Waals surface area contributed by atoms with E-state index < -0.39 is 0 Å². The molecule has 1 N–H and O–H groups in total. The predicted octanol–water partition coefficient (Wildman–Crippen LogP) is 2.41. The summed E-state index contributed by atoms with van der Waals surface area (Å²) >= 11 is 0. The molecule has 1 heterocycles. The van der Waals surface area contributed by atoms with E-state index in [1.807, 2.05) is 7.05 Å². The lowest BCUT2D eigenvalue weighted by Crippen LogP contribution is -2.51. The first-order valence-corrected chi connectivity index (χ1v) is 8.18. The van der Waals surface area contributed by atoms with Gasteiger partial charge in [0.05, 0.1) is 6.04 Å². The number of likely N-dealkylation sites (N-methyl/N-ethyl adjacent to an activating group) is 1. The summed E-state index contributed by atoms with van der Waals surface area (Å²) in [6, 6.07) is 0.601. The van der Waals surface area contributed by atoms with Crippen LogP contribution in [0.3, 0.4) is 0 Å². The van der Waals surface area contributed by atoms with Crippen LogP contribution in [0.2, 0.25) is 0 Å². The summed E-state index contributed by atoms with van der Waals surface area (Å²) in [7, 11) is 1.94. The molecule has 108 valence electrons. The number of hydrogen-bond acceptors (Lipinski definition) is 2. The number of carbonyl (C=O) groups excluding carboxylic acids is 1. The molecule has 1 amide bonds. The van der Waals surface area contributed by atoms with Crippen molar-refractivity contribution < 1.29 is 4.79 Å². The fourth-order valence-electron chi connectivity index (χ4n) is 4.83. The first-order chi connectivity index (χ1) is 9.20. The monoisotopic (exact) mass is 264 g/mol. The van der Waals surface area contributed by atoms with E-state index in [1.165, 1.54) is 44.9 Å². The second kappa shape index (κ2) is 5.43. The van der Waals surface area contributed by atoms with Crippen LogP contribution < -0.4 is 5.32 Å². The van der Waals surface area contributed by atoms with Gasteiger partial charge in [-0.25, -0.2) is 0 Å². The minimum atomic E-state index is 0.0444. The molecule has 3 nitrogen and oxygen atoms in total. The molecule has 1 saturated heterocycles. The molecule has 5 unspecified atom stereocenters. The highest BCUT2D eigenvalue weighted by Gasteiger charge is 2.43. The van der Waals surface area contributed by atoms with Crippen LogP contribution in [0.5, 0.6) is 0 Å². The lowest BCUT2D eigenvalue weighted by Gasteiger charge is -2.34. The van der Waals surface area contributed by atoms with E-state index in [-0.39, 0.29) is 6.04 Å². The fraction of sp³-hybridized carbons (Fsp3) is 0.938. The van der Waals surface area contributed by atoms with Crippen LogP contribution in [-0.4, -0.2) is 36.5 Å². The van der Waals surface area contributed by atoms with Gasteiger partial charge < -0.3 is 10.2 Å². The molecule has 0 spiro atoms. The van der Waals surface area contributed by atoms with Gasteiger partial charge >= 0.3 is 0 Å². The van der Waals surface area contributed by atoms with Crippen LogP contribution in [0.4, 0.5) is 0 Å². The molecule has 0 aromatic carbocycles. The molecular weight excluding hydrogens is 236 g/mol. The molecule has 0 aromatic rings. The van der Waals surface area contributed by atoms with Crippen molar-refractivity contribution in [3.05, 3.63) is 0 Å². The summed E-state index contributed by atoms with van der Waals surface area (Å²) in [6.07, 6.45) is 9.16. The highest BCUT2D eigenvalue weighted by atomic mass is 16.2. The Morgan fingerprint density at radius 2 is 2.00 bits per heavy atom. The van der Waals surface area contributed by atoms with Gasteiger partial charge in [0.2, 0.25) is 5.91 Å². The van der Waals surface area contributed by atoms with Gasteiger partial charge in [-0.3, -0.25) is 4.79 Å². The highest BCUT2D eigenvalue weighted by Crippen LogP contribution is 2.45. The Kier molecular flexibility index (Phi) is 3.84. The lowest BCUT2D eigenvalue weighted by molar-refractivity contribution is -0.136. The van der Waals surface area contributed by atoms with Gasteiger partial charge in [-0.2, -0.15) is 0 Å². The summed E-state index contributed by atoms with van der Waals surface area (Å²) in [5.41, 5.74) is 0. The predicted molar refractivity (Wildman–Crippen MR) is 76.8 cm³/mol. The summed E-state index contributed by atoms with van der Waals surface area (Å²) in [5.74, 6) is 2.56. The van der Waals surface area contributed by atoms with E-state index in [2.05, 4.69) is 17.1 Å². The number of carbonyl (C=O) groups is 1. The molecule has 3 aliphatic rings. The highest BCUT2D eigenvalue weighted by molar-refractivity contribution is 5.82. The molecule has 2 aliphatic carbocycles. The van der Waals surface area contributed by atoms with Gasteiger partial charge in [0, 0.05) is 12.6 Å². The molecule has 19 heavy (non-hydrogen) atoms. The number of rotatable bonds is 2. The lowest BCUT2D eigenvalue weighted by atomic mass is 9.88. The average molecular weight is 264 g/mol. The number of nitrogens with zero attached hydrogens (tertiary/aromatic N) is 1. The van der Waals surface area contributed by atoms with E-state index >= 15 is 0 Å². The number of fused-ring (bicyclic) bond motifs is 2. The Bertz CT molecular complexity index is 344. The largest absolute Gasteiger partial charge is 0.338 e. The van der Waals surface area contributed by atoms with Crippen molar-refractivity contribution in [1.29, 1.82) is 0 Å². The maximum atomic E-state index is 12.8. The molecule has 5 atom stereocenters. The summed E-state index contributed by atoms with van der Waals surface area (Å²) < 4.78 is 0. The van der Waals surface area contributed by atoms with Crippen LogP contribution >= 0.6 is 0 Å². The fourth-order valence-corrected chi connectivity index (χ4v) is 4.83. The first-order valence-electron chi connectivity index (χ1n) is 8.18. The van der Waals surface area contributed by atoms with E-state index in [0.29, 0.717) is 17.9 Å². The standard InChI is InChI=1S/C16H28N2O/c1-11-5-4-8-18(16(19)15(11)17-2)14-10-12-6-3-7-13(14)9-12/h11-15,17H,3-10H2,1-2H3. The first kappa shape index (κ1) is 13.4. The van der Waals surface area contributed by atoms with Crippen LogP contribution in [-0.2, 0) is 4.79 Å². The van der Waals surface area contributed by atoms with Crippen molar-refractivity contribution in [2.24, 2.45) is 17.8 Å². The zero-order valence-corrected chi connectivity index (χ0v) is 12.4. The topological polar surface area (TPSA) is 32.3 Å². The SMILES string of the molecule is CNC1C(=O)N(C2CC3CCCC2C3)CCCC1C. The van der Waals surface area contributed by atoms with Gasteiger partial charge in [-0.1, -0.05) is 19.8 Å². The third-order valence-corrected chi connectivity index (χ3v) is 5.83.